The van der Waals surface area contributed by atoms with Gasteiger partial charge >= 0.3 is 0 Å². The predicted octanol–water partition coefficient (Wildman–Crippen LogP) is -4.72. The first-order valence-corrected chi connectivity index (χ1v) is 10.5. The molecular formula is C21H28O14. The number of ether oxygens (including phenoxy) is 3. The van der Waals surface area contributed by atoms with Gasteiger partial charge in [0.25, 0.3) is 0 Å². The molecule has 196 valence electrons. The van der Waals surface area contributed by atoms with E-state index < -0.39 is 79.6 Å². The van der Waals surface area contributed by atoms with E-state index in [2.05, 4.69) is 0 Å². The Bertz CT molecular complexity index is 923. The zero-order valence-corrected chi connectivity index (χ0v) is 18.1. The van der Waals surface area contributed by atoms with Crippen LogP contribution in [0.4, 0.5) is 0 Å². The smallest absolute Gasteiger partial charge is 0.226 e. The SMILES string of the molecule is O=C(C=Cc1ccccc1O)[C@]1(O)[C@H](O)[C@](CO)(OC2O[C@H](CO)[C@@H](O)[C@H](O)[C@H]2O)OC(O)[C@@H]1O. The van der Waals surface area contributed by atoms with Gasteiger partial charge in [-0.1, -0.05) is 18.2 Å². The number of phenols is 1. The summed E-state index contributed by atoms with van der Waals surface area (Å²) < 4.78 is 15.4. The van der Waals surface area contributed by atoms with Crippen LogP contribution in [0.3, 0.4) is 0 Å². The van der Waals surface area contributed by atoms with Gasteiger partial charge in [-0.25, -0.2) is 0 Å². The summed E-state index contributed by atoms with van der Waals surface area (Å²) >= 11 is 0. The number of aliphatic hydroxyl groups excluding tert-OH is 8. The lowest BCUT2D eigenvalue weighted by Gasteiger charge is -2.52. The van der Waals surface area contributed by atoms with Crippen molar-refractivity contribution < 1.29 is 70.1 Å². The number of para-hydroxylation sites is 1. The number of ketones is 1. The van der Waals surface area contributed by atoms with Crippen molar-refractivity contribution in [2.45, 2.75) is 60.6 Å². The maximum atomic E-state index is 12.9. The Kier molecular flexibility index (Phi) is 8.27. The fraction of sp³-hybridized carbons (Fsp3) is 0.571. The van der Waals surface area contributed by atoms with Crippen LogP contribution in [0.2, 0.25) is 0 Å². The first-order chi connectivity index (χ1) is 16.4. The highest BCUT2D eigenvalue weighted by molar-refractivity contribution is 6.01. The molecule has 2 unspecified atom stereocenters. The predicted molar refractivity (Wildman–Crippen MR) is 111 cm³/mol. The van der Waals surface area contributed by atoms with Crippen LogP contribution < -0.4 is 0 Å². The van der Waals surface area contributed by atoms with Crippen molar-refractivity contribution in [2.24, 2.45) is 0 Å². The molecule has 10 N–H and O–H groups in total. The van der Waals surface area contributed by atoms with Crippen LogP contribution in [-0.2, 0) is 19.0 Å². The van der Waals surface area contributed by atoms with E-state index in [0.717, 1.165) is 6.08 Å². The molecule has 0 bridgehead atoms. The van der Waals surface area contributed by atoms with E-state index in [1.807, 2.05) is 0 Å². The number of aliphatic hydroxyl groups is 9. The normalized spacial score (nSPS) is 42.3. The minimum atomic E-state index is -3.25. The first kappa shape index (κ1) is 27.5. The number of aromatic hydroxyl groups is 1. The molecule has 2 saturated heterocycles. The van der Waals surface area contributed by atoms with Gasteiger partial charge in [-0.15, -0.1) is 0 Å². The van der Waals surface area contributed by atoms with E-state index in [0.29, 0.717) is 6.08 Å². The van der Waals surface area contributed by atoms with E-state index in [-0.39, 0.29) is 11.3 Å². The van der Waals surface area contributed by atoms with Gasteiger partial charge < -0.3 is 65.3 Å². The van der Waals surface area contributed by atoms with Crippen LogP contribution in [0, 0.1) is 0 Å². The molecule has 0 radical (unpaired) electrons. The van der Waals surface area contributed by atoms with Crippen molar-refractivity contribution in [3.05, 3.63) is 35.9 Å². The summed E-state index contributed by atoms with van der Waals surface area (Å²) in [5.74, 6) is -4.54. The number of phenolic OH excluding ortho intramolecular Hbond substituents is 1. The molecule has 35 heavy (non-hydrogen) atoms. The van der Waals surface area contributed by atoms with Crippen molar-refractivity contribution in [1.82, 2.24) is 0 Å². The third kappa shape index (κ3) is 4.84. The fourth-order valence-electron chi connectivity index (χ4n) is 3.87. The largest absolute Gasteiger partial charge is 0.507 e. The third-order valence-electron chi connectivity index (χ3n) is 6.00. The van der Waals surface area contributed by atoms with Gasteiger partial charge in [0.15, 0.2) is 24.0 Å². The number of carbonyl (C=O) groups excluding carboxylic acids is 1. The summed E-state index contributed by atoms with van der Waals surface area (Å²) in [5.41, 5.74) is -3.12. The van der Waals surface area contributed by atoms with Gasteiger partial charge in [0.05, 0.1) is 6.61 Å². The zero-order valence-electron chi connectivity index (χ0n) is 18.1. The molecule has 10 atom stereocenters. The molecule has 0 spiro atoms. The monoisotopic (exact) mass is 504 g/mol. The van der Waals surface area contributed by atoms with Gasteiger partial charge in [-0.2, -0.15) is 0 Å². The Morgan fingerprint density at radius 1 is 1.03 bits per heavy atom. The molecule has 2 aliphatic heterocycles. The molecule has 2 heterocycles. The molecule has 0 aliphatic carbocycles. The number of rotatable bonds is 7. The Morgan fingerprint density at radius 3 is 2.29 bits per heavy atom. The van der Waals surface area contributed by atoms with Crippen LogP contribution in [0.25, 0.3) is 6.08 Å². The van der Waals surface area contributed by atoms with Gasteiger partial charge in [-0.3, -0.25) is 4.79 Å². The van der Waals surface area contributed by atoms with Crippen molar-refractivity contribution in [3.63, 3.8) is 0 Å². The summed E-state index contributed by atoms with van der Waals surface area (Å²) in [5, 5.41) is 102. The van der Waals surface area contributed by atoms with Crippen molar-refractivity contribution in [1.29, 1.82) is 0 Å². The third-order valence-corrected chi connectivity index (χ3v) is 6.00. The molecule has 2 fully saturated rings. The molecular weight excluding hydrogens is 476 g/mol. The van der Waals surface area contributed by atoms with E-state index in [1.54, 1.807) is 0 Å². The maximum absolute atomic E-state index is 12.9. The second-order valence-corrected chi connectivity index (χ2v) is 8.22. The molecule has 14 heteroatoms. The summed E-state index contributed by atoms with van der Waals surface area (Å²) in [6, 6.07) is 5.77. The summed E-state index contributed by atoms with van der Waals surface area (Å²) in [4.78, 5) is 12.9. The summed E-state index contributed by atoms with van der Waals surface area (Å²) in [6.07, 6.45) is -15.0. The molecule has 0 aromatic heterocycles. The standard InChI is InChI=1S/C21H28O14/c22-7-11-13(26)14(27)15(28)18(33-11)35-20(8-23)19(31)21(32,16(29)17(30)34-20)12(25)6-5-9-3-1-2-4-10(9)24/h1-6,11,13-19,22-24,26-32H,7-8H2/t11-,13-,14+,15-,16+,17?,18?,19-,20+,21-/m1/s1. The summed E-state index contributed by atoms with van der Waals surface area (Å²) in [7, 11) is 0. The molecule has 0 amide bonds. The molecule has 14 nitrogen and oxygen atoms in total. The van der Waals surface area contributed by atoms with Crippen LogP contribution >= 0.6 is 0 Å². The highest BCUT2D eigenvalue weighted by atomic mass is 16.8. The number of hydrogen-bond acceptors (Lipinski definition) is 14. The number of benzene rings is 1. The minimum Gasteiger partial charge on any atom is -0.507 e. The Labute approximate surface area is 198 Å². The van der Waals surface area contributed by atoms with Gasteiger partial charge in [0, 0.05) is 5.56 Å². The lowest BCUT2D eigenvalue weighted by Crippen LogP contribution is -2.76. The minimum absolute atomic E-state index is 0.132. The van der Waals surface area contributed by atoms with Crippen LogP contribution in [0.15, 0.2) is 30.3 Å². The van der Waals surface area contributed by atoms with E-state index in [4.69, 9.17) is 14.2 Å². The second-order valence-electron chi connectivity index (χ2n) is 8.22. The molecule has 3 rings (SSSR count). The Balaban J connectivity index is 1.93. The first-order valence-electron chi connectivity index (χ1n) is 10.5. The van der Waals surface area contributed by atoms with Gasteiger partial charge in [-0.05, 0) is 18.2 Å². The molecule has 1 aromatic carbocycles. The maximum Gasteiger partial charge on any atom is 0.226 e. The number of carbonyl (C=O) groups is 1. The molecule has 0 saturated carbocycles. The van der Waals surface area contributed by atoms with Gasteiger partial charge in [0.1, 0.15) is 49.0 Å². The second kappa shape index (κ2) is 10.5. The number of hydrogen-bond donors (Lipinski definition) is 10. The lowest BCUT2D eigenvalue weighted by molar-refractivity contribution is -0.453. The van der Waals surface area contributed by atoms with Crippen LogP contribution in [0.5, 0.6) is 5.75 Å². The molecule has 1 aromatic rings. The topological polar surface area (TPSA) is 247 Å². The molecule has 2 aliphatic rings. The Hall–Kier alpha value is -2.05. The van der Waals surface area contributed by atoms with Gasteiger partial charge in [0.2, 0.25) is 5.79 Å². The average molecular weight is 504 g/mol. The highest BCUT2D eigenvalue weighted by Gasteiger charge is 2.66. The van der Waals surface area contributed by atoms with E-state index >= 15 is 0 Å². The zero-order chi connectivity index (χ0) is 26.1. The van der Waals surface area contributed by atoms with Crippen LogP contribution in [0.1, 0.15) is 5.56 Å². The van der Waals surface area contributed by atoms with E-state index in [9.17, 15) is 55.9 Å². The van der Waals surface area contributed by atoms with Crippen molar-refractivity contribution >= 4 is 11.9 Å². The quantitative estimate of drug-likeness (QED) is 0.157. The fourth-order valence-corrected chi connectivity index (χ4v) is 3.87. The van der Waals surface area contributed by atoms with Crippen LogP contribution in [-0.4, -0.2) is 131 Å². The summed E-state index contributed by atoms with van der Waals surface area (Å²) in [6.45, 7) is -2.23. The van der Waals surface area contributed by atoms with E-state index in [1.165, 1.54) is 24.3 Å². The Morgan fingerprint density at radius 2 is 1.69 bits per heavy atom. The van der Waals surface area contributed by atoms with Crippen molar-refractivity contribution in [2.75, 3.05) is 13.2 Å². The average Bonchev–Trinajstić information content (AvgIpc) is 2.85. The lowest BCUT2D eigenvalue weighted by atomic mass is 9.78. The highest BCUT2D eigenvalue weighted by Crippen LogP contribution is 2.40. The van der Waals surface area contributed by atoms with Crippen molar-refractivity contribution in [3.8, 4) is 5.75 Å².